The number of aromatic nitrogens is 6. The minimum Gasteiger partial charge on any atom is -0.497 e. The first kappa shape index (κ1) is 23.0. The Morgan fingerprint density at radius 3 is 2.42 bits per heavy atom. The molecule has 0 saturated carbocycles. The highest BCUT2D eigenvalue weighted by Crippen LogP contribution is 2.35. The quantitative estimate of drug-likeness (QED) is 0.373. The largest absolute Gasteiger partial charge is 0.497 e. The number of imidazole rings is 1. The monoisotopic (exact) mass is 492 g/mol. The third-order valence-corrected chi connectivity index (χ3v) is 5.49. The minimum atomic E-state index is -4.63. The molecular weight excluding hydrogens is 473 g/mol. The Morgan fingerprint density at radius 2 is 1.72 bits per heavy atom. The number of fused-ring (bicyclic) bond motifs is 1. The van der Waals surface area contributed by atoms with Crippen LogP contribution in [0.1, 0.15) is 11.3 Å². The number of anilines is 2. The number of nitrogen functional groups attached to an aromatic ring is 2. The van der Waals surface area contributed by atoms with Crippen molar-refractivity contribution in [1.29, 1.82) is 0 Å². The van der Waals surface area contributed by atoms with Gasteiger partial charge in [-0.15, -0.1) is 0 Å². The second kappa shape index (κ2) is 8.80. The lowest BCUT2D eigenvalue weighted by Crippen LogP contribution is -2.09. The molecule has 0 bridgehead atoms. The van der Waals surface area contributed by atoms with E-state index in [2.05, 4.69) is 24.9 Å². The number of rotatable bonds is 5. The van der Waals surface area contributed by atoms with Crippen LogP contribution in [0.5, 0.6) is 5.75 Å². The van der Waals surface area contributed by atoms with E-state index in [1.54, 1.807) is 24.1 Å². The third kappa shape index (κ3) is 4.24. The number of pyridine rings is 2. The van der Waals surface area contributed by atoms with Crippen molar-refractivity contribution in [2.75, 3.05) is 18.6 Å². The fourth-order valence-corrected chi connectivity index (χ4v) is 3.75. The topological polar surface area (TPSA) is 131 Å². The van der Waals surface area contributed by atoms with Crippen molar-refractivity contribution in [3.05, 3.63) is 72.3 Å². The lowest BCUT2D eigenvalue weighted by atomic mass is 10.1. The van der Waals surface area contributed by atoms with Gasteiger partial charge in [-0.1, -0.05) is 18.2 Å². The number of benzene rings is 1. The Balaban J connectivity index is 1.72. The van der Waals surface area contributed by atoms with Crippen LogP contribution in [0.4, 0.5) is 24.7 Å². The van der Waals surface area contributed by atoms with Crippen LogP contribution in [0.25, 0.3) is 33.9 Å². The number of methoxy groups -OCH3 is 1. The summed E-state index contributed by atoms with van der Waals surface area (Å²) in [5.74, 6) is 0.768. The predicted molar refractivity (Wildman–Crippen MR) is 128 cm³/mol. The molecule has 4 heterocycles. The molecule has 9 nitrogen and oxygen atoms in total. The zero-order chi connectivity index (χ0) is 25.4. The van der Waals surface area contributed by atoms with Crippen molar-refractivity contribution in [2.24, 2.45) is 0 Å². The highest BCUT2D eigenvalue weighted by molar-refractivity contribution is 5.96. The van der Waals surface area contributed by atoms with Gasteiger partial charge in [-0.25, -0.2) is 24.9 Å². The molecule has 0 amide bonds. The van der Waals surface area contributed by atoms with Crippen molar-refractivity contribution < 1.29 is 17.9 Å². The highest BCUT2D eigenvalue weighted by atomic mass is 19.4. The maximum atomic E-state index is 13.3. The molecule has 0 saturated heterocycles. The number of nitrogens with zero attached hydrogens (tertiary/aromatic N) is 6. The summed E-state index contributed by atoms with van der Waals surface area (Å²) < 4.78 is 46.9. The van der Waals surface area contributed by atoms with E-state index in [9.17, 15) is 13.2 Å². The van der Waals surface area contributed by atoms with Gasteiger partial charge >= 0.3 is 6.18 Å². The number of halogens is 3. The third-order valence-electron chi connectivity index (χ3n) is 5.49. The van der Waals surface area contributed by atoms with Crippen LogP contribution in [0, 0.1) is 0 Å². The van der Waals surface area contributed by atoms with Crippen LogP contribution in [0.15, 0.2) is 61.1 Å². The Kier molecular flexibility index (Phi) is 5.63. The van der Waals surface area contributed by atoms with Gasteiger partial charge in [-0.3, -0.25) is 0 Å². The maximum Gasteiger partial charge on any atom is 0.433 e. The van der Waals surface area contributed by atoms with Crippen molar-refractivity contribution in [3.8, 4) is 28.5 Å². The summed E-state index contributed by atoms with van der Waals surface area (Å²) in [4.78, 5) is 21.3. The molecule has 36 heavy (non-hydrogen) atoms. The van der Waals surface area contributed by atoms with E-state index in [1.165, 1.54) is 18.3 Å². The van der Waals surface area contributed by atoms with Gasteiger partial charge in [0.1, 0.15) is 34.2 Å². The van der Waals surface area contributed by atoms with Crippen molar-refractivity contribution >= 4 is 22.7 Å². The molecule has 1 aromatic carbocycles. The second-order valence-electron chi connectivity index (χ2n) is 7.85. The first-order valence-corrected chi connectivity index (χ1v) is 10.7. The Hall–Kier alpha value is -4.74. The van der Waals surface area contributed by atoms with Crippen LogP contribution < -0.4 is 16.2 Å². The minimum absolute atomic E-state index is 0.0391. The van der Waals surface area contributed by atoms with Gasteiger partial charge in [0.15, 0.2) is 11.5 Å². The normalized spacial score (nSPS) is 11.7. The van der Waals surface area contributed by atoms with Gasteiger partial charge in [0.25, 0.3) is 0 Å². The van der Waals surface area contributed by atoms with E-state index in [0.717, 1.165) is 11.6 Å². The standard InChI is InChI=1S/C24H19F3N8O/c1-36-14-7-5-13(6-8-14)11-35-12-31-20-19(18-15(28)9-10-30-21(18)29)33-22(34-23(20)35)16-3-2-4-17(32-16)24(25,26)27/h2-10,12H,11H2,1H3,(H4,28,29,30). The van der Waals surface area contributed by atoms with Gasteiger partial charge in [0.2, 0.25) is 0 Å². The summed E-state index contributed by atoms with van der Waals surface area (Å²) in [6.45, 7) is 0.379. The van der Waals surface area contributed by atoms with Gasteiger partial charge in [0, 0.05) is 11.9 Å². The fraction of sp³-hybridized carbons (Fsp3) is 0.125. The molecule has 4 N–H and O–H groups in total. The lowest BCUT2D eigenvalue weighted by molar-refractivity contribution is -0.141. The van der Waals surface area contributed by atoms with Gasteiger partial charge in [-0.05, 0) is 35.9 Å². The average Bonchev–Trinajstić information content (AvgIpc) is 3.26. The van der Waals surface area contributed by atoms with Crippen LogP contribution in [0.3, 0.4) is 0 Å². The molecule has 0 aliphatic heterocycles. The lowest BCUT2D eigenvalue weighted by Gasteiger charge is -2.12. The molecule has 12 heteroatoms. The van der Waals surface area contributed by atoms with E-state index in [0.29, 0.717) is 29.0 Å². The van der Waals surface area contributed by atoms with Crippen molar-refractivity contribution in [1.82, 2.24) is 29.5 Å². The summed E-state index contributed by atoms with van der Waals surface area (Å²) in [6.07, 6.45) is -1.61. The van der Waals surface area contributed by atoms with Crippen molar-refractivity contribution in [3.63, 3.8) is 0 Å². The van der Waals surface area contributed by atoms with Gasteiger partial charge in [-0.2, -0.15) is 13.2 Å². The molecule has 4 aromatic heterocycles. The van der Waals surface area contributed by atoms with E-state index in [-0.39, 0.29) is 28.7 Å². The average molecular weight is 492 g/mol. The predicted octanol–water partition coefficient (Wildman–Crippen LogP) is 4.19. The smallest absolute Gasteiger partial charge is 0.433 e. The molecule has 0 aliphatic rings. The summed E-state index contributed by atoms with van der Waals surface area (Å²) >= 11 is 0. The molecule has 0 aliphatic carbocycles. The van der Waals surface area contributed by atoms with E-state index in [1.807, 2.05) is 24.3 Å². The SMILES string of the molecule is COc1ccc(Cn2cnc3c(-c4c(N)ccnc4N)nc(-c4cccc(C(F)(F)F)n4)nc32)cc1. The molecule has 182 valence electrons. The second-order valence-corrected chi connectivity index (χ2v) is 7.85. The highest BCUT2D eigenvalue weighted by Gasteiger charge is 2.33. The van der Waals surface area contributed by atoms with Crippen LogP contribution in [0.2, 0.25) is 0 Å². The number of alkyl halides is 3. The van der Waals surface area contributed by atoms with Crippen LogP contribution in [-0.4, -0.2) is 36.6 Å². The Bertz CT molecular complexity index is 1540. The molecule has 0 radical (unpaired) electrons. The molecule has 5 rings (SSSR count). The zero-order valence-corrected chi connectivity index (χ0v) is 18.9. The summed E-state index contributed by atoms with van der Waals surface area (Å²) in [5.41, 5.74) is 13.7. The fourth-order valence-electron chi connectivity index (χ4n) is 3.75. The molecule has 0 fully saturated rings. The molecule has 0 unspecified atom stereocenters. The number of nitrogens with two attached hydrogens (primary N) is 2. The zero-order valence-electron chi connectivity index (χ0n) is 18.9. The van der Waals surface area contributed by atoms with E-state index in [4.69, 9.17) is 16.2 Å². The van der Waals surface area contributed by atoms with Crippen LogP contribution >= 0.6 is 0 Å². The first-order valence-electron chi connectivity index (χ1n) is 10.7. The molecule has 5 aromatic rings. The molecule has 0 atom stereocenters. The van der Waals surface area contributed by atoms with Crippen molar-refractivity contribution in [2.45, 2.75) is 12.7 Å². The number of hydrogen-bond donors (Lipinski definition) is 2. The van der Waals surface area contributed by atoms with Crippen LogP contribution in [-0.2, 0) is 12.7 Å². The van der Waals surface area contributed by atoms with Gasteiger partial charge in [0.05, 0.1) is 25.5 Å². The Labute approximate surface area is 202 Å². The van der Waals surface area contributed by atoms with E-state index >= 15 is 0 Å². The summed E-state index contributed by atoms with van der Waals surface area (Å²) in [6, 6.07) is 12.5. The maximum absolute atomic E-state index is 13.3. The van der Waals surface area contributed by atoms with E-state index < -0.39 is 11.9 Å². The van der Waals surface area contributed by atoms with Gasteiger partial charge < -0.3 is 20.8 Å². The molecular formula is C24H19F3N8O. The number of hydrogen-bond acceptors (Lipinski definition) is 8. The summed E-state index contributed by atoms with van der Waals surface area (Å²) in [7, 11) is 1.58. The Morgan fingerprint density at radius 1 is 0.944 bits per heavy atom. The number of ether oxygens (including phenoxy) is 1. The first-order chi connectivity index (χ1) is 17.2. The molecule has 0 spiro atoms. The summed E-state index contributed by atoms with van der Waals surface area (Å²) in [5, 5.41) is 0.